The second-order valence-corrected chi connectivity index (χ2v) is 3.90. The molecular formula is C9H9N3O2S. The summed E-state index contributed by atoms with van der Waals surface area (Å²) in [7, 11) is 1.74. The highest BCUT2D eigenvalue weighted by Gasteiger charge is 2.10. The first-order chi connectivity index (χ1) is 7.18. The van der Waals surface area contributed by atoms with E-state index in [2.05, 4.69) is 9.36 Å². The van der Waals surface area contributed by atoms with Crippen LogP contribution in [-0.2, 0) is 4.79 Å². The molecule has 5 nitrogen and oxygen atoms in total. The van der Waals surface area contributed by atoms with Gasteiger partial charge in [-0.1, -0.05) is 0 Å². The van der Waals surface area contributed by atoms with E-state index in [1.165, 1.54) is 11.5 Å². The van der Waals surface area contributed by atoms with Crippen LogP contribution < -0.4 is 4.90 Å². The van der Waals surface area contributed by atoms with Gasteiger partial charge < -0.3 is 10.0 Å². The van der Waals surface area contributed by atoms with Gasteiger partial charge in [-0.05, 0) is 17.6 Å². The average molecular weight is 223 g/mol. The number of nitrogens with zero attached hydrogens (tertiary/aromatic N) is 3. The number of carbonyl (C=O) groups is 1. The number of aromatic nitrogens is 2. The lowest BCUT2D eigenvalue weighted by Gasteiger charge is -2.16. The van der Waals surface area contributed by atoms with Crippen molar-refractivity contribution in [3.05, 3.63) is 18.5 Å². The average Bonchev–Trinajstić information content (AvgIpc) is 2.63. The van der Waals surface area contributed by atoms with E-state index in [1.807, 2.05) is 0 Å². The zero-order valence-corrected chi connectivity index (χ0v) is 8.86. The van der Waals surface area contributed by atoms with E-state index in [1.54, 1.807) is 30.4 Å². The third-order valence-corrected chi connectivity index (χ3v) is 2.74. The summed E-state index contributed by atoms with van der Waals surface area (Å²) in [5, 5.41) is 9.59. The summed E-state index contributed by atoms with van der Waals surface area (Å²) in [6.45, 7) is -0.0328. The number of hydrogen-bond acceptors (Lipinski definition) is 5. The van der Waals surface area contributed by atoms with Crippen LogP contribution in [0.1, 0.15) is 0 Å². The standard InChI is InChI=1S/C9H9N3O2S/c1-12(5-8(13)14)7-2-3-10-9-6(7)4-11-15-9/h2-4H,5H2,1H3,(H,13,14). The quantitative estimate of drug-likeness (QED) is 0.847. The fraction of sp³-hybridized carbons (Fsp3) is 0.222. The Morgan fingerprint density at radius 2 is 2.47 bits per heavy atom. The molecular weight excluding hydrogens is 214 g/mol. The predicted octanol–water partition coefficient (Wildman–Crippen LogP) is 1.21. The van der Waals surface area contributed by atoms with Crippen LogP contribution in [0.25, 0.3) is 10.2 Å². The molecule has 0 aromatic carbocycles. The molecule has 15 heavy (non-hydrogen) atoms. The molecule has 0 atom stereocenters. The van der Waals surface area contributed by atoms with Gasteiger partial charge in [0.25, 0.3) is 0 Å². The lowest BCUT2D eigenvalue weighted by Crippen LogP contribution is -2.25. The largest absolute Gasteiger partial charge is 0.480 e. The lowest BCUT2D eigenvalue weighted by molar-refractivity contribution is -0.135. The van der Waals surface area contributed by atoms with E-state index in [4.69, 9.17) is 5.11 Å². The van der Waals surface area contributed by atoms with Crippen LogP contribution in [0.5, 0.6) is 0 Å². The number of hydrogen-bond donors (Lipinski definition) is 1. The minimum atomic E-state index is -0.856. The first kappa shape index (κ1) is 9.85. The van der Waals surface area contributed by atoms with Crippen molar-refractivity contribution >= 4 is 33.4 Å². The monoisotopic (exact) mass is 223 g/mol. The first-order valence-corrected chi connectivity index (χ1v) is 5.08. The van der Waals surface area contributed by atoms with Gasteiger partial charge in [0.2, 0.25) is 0 Å². The van der Waals surface area contributed by atoms with E-state index < -0.39 is 5.97 Å². The highest BCUT2D eigenvalue weighted by Crippen LogP contribution is 2.25. The molecule has 0 aliphatic heterocycles. The van der Waals surface area contributed by atoms with Crippen LogP contribution in [0.3, 0.4) is 0 Å². The van der Waals surface area contributed by atoms with Crippen molar-refractivity contribution in [3.8, 4) is 0 Å². The number of aliphatic carboxylic acids is 1. The zero-order chi connectivity index (χ0) is 10.8. The van der Waals surface area contributed by atoms with Crippen LogP contribution in [0.4, 0.5) is 5.69 Å². The van der Waals surface area contributed by atoms with E-state index >= 15 is 0 Å². The molecule has 0 aliphatic rings. The van der Waals surface area contributed by atoms with Crippen molar-refractivity contribution in [1.29, 1.82) is 0 Å². The predicted molar refractivity (Wildman–Crippen MR) is 58.3 cm³/mol. The van der Waals surface area contributed by atoms with Gasteiger partial charge in [-0.2, -0.15) is 4.37 Å². The number of rotatable bonds is 3. The maximum absolute atomic E-state index is 10.6. The fourth-order valence-electron chi connectivity index (χ4n) is 1.39. The van der Waals surface area contributed by atoms with Gasteiger partial charge in [-0.25, -0.2) is 4.98 Å². The molecule has 0 saturated carbocycles. The molecule has 0 unspecified atom stereocenters. The van der Waals surface area contributed by atoms with Gasteiger partial charge in [-0.3, -0.25) is 4.79 Å². The van der Waals surface area contributed by atoms with E-state index in [0.29, 0.717) is 0 Å². The maximum atomic E-state index is 10.6. The molecule has 0 fully saturated rings. The summed E-state index contributed by atoms with van der Waals surface area (Å²) in [5.41, 5.74) is 0.844. The van der Waals surface area contributed by atoms with E-state index in [0.717, 1.165) is 15.9 Å². The van der Waals surface area contributed by atoms with Crippen LogP contribution in [0.15, 0.2) is 18.5 Å². The van der Waals surface area contributed by atoms with Crippen molar-refractivity contribution in [3.63, 3.8) is 0 Å². The molecule has 6 heteroatoms. The van der Waals surface area contributed by atoms with E-state index in [-0.39, 0.29) is 6.54 Å². The molecule has 2 heterocycles. The Hall–Kier alpha value is -1.69. The number of likely N-dealkylation sites (N-methyl/N-ethyl adjacent to an activating group) is 1. The van der Waals surface area contributed by atoms with Gasteiger partial charge in [0.05, 0.1) is 17.3 Å². The van der Waals surface area contributed by atoms with Gasteiger partial charge in [0, 0.05) is 13.2 Å². The van der Waals surface area contributed by atoms with Crippen LogP contribution in [0.2, 0.25) is 0 Å². The number of pyridine rings is 1. The van der Waals surface area contributed by atoms with E-state index in [9.17, 15) is 4.79 Å². The van der Waals surface area contributed by atoms with Crippen LogP contribution in [-0.4, -0.2) is 34.0 Å². The number of carboxylic acid groups (broad SMARTS) is 1. The second kappa shape index (κ2) is 3.82. The molecule has 0 radical (unpaired) electrons. The van der Waals surface area contributed by atoms with Gasteiger partial charge >= 0.3 is 5.97 Å². The summed E-state index contributed by atoms with van der Waals surface area (Å²) in [4.78, 5) is 17.2. The van der Waals surface area contributed by atoms with Crippen molar-refractivity contribution in [2.75, 3.05) is 18.5 Å². The van der Waals surface area contributed by atoms with Crippen molar-refractivity contribution in [1.82, 2.24) is 9.36 Å². The third kappa shape index (κ3) is 1.89. The minimum absolute atomic E-state index is 0.0328. The summed E-state index contributed by atoms with van der Waals surface area (Å²) < 4.78 is 4.03. The molecule has 0 aliphatic carbocycles. The van der Waals surface area contributed by atoms with Crippen LogP contribution >= 0.6 is 11.5 Å². The van der Waals surface area contributed by atoms with Crippen molar-refractivity contribution in [2.24, 2.45) is 0 Å². The second-order valence-electron chi connectivity index (χ2n) is 3.12. The summed E-state index contributed by atoms with van der Waals surface area (Å²) in [6, 6.07) is 1.79. The van der Waals surface area contributed by atoms with Crippen LogP contribution in [0, 0.1) is 0 Å². The van der Waals surface area contributed by atoms with Gasteiger partial charge in [-0.15, -0.1) is 0 Å². The van der Waals surface area contributed by atoms with Gasteiger partial charge in [0.1, 0.15) is 11.4 Å². The maximum Gasteiger partial charge on any atom is 0.323 e. The Labute approximate surface area is 90.1 Å². The van der Waals surface area contributed by atoms with Crippen molar-refractivity contribution < 1.29 is 9.90 Å². The normalized spacial score (nSPS) is 10.5. The SMILES string of the molecule is CN(CC(=O)O)c1ccnc2sncc12. The van der Waals surface area contributed by atoms with Crippen molar-refractivity contribution in [2.45, 2.75) is 0 Å². The highest BCUT2D eigenvalue weighted by atomic mass is 32.1. The molecule has 0 amide bonds. The Balaban J connectivity index is 2.42. The molecule has 0 saturated heterocycles. The Morgan fingerprint density at radius 1 is 1.67 bits per heavy atom. The molecule has 78 valence electrons. The zero-order valence-electron chi connectivity index (χ0n) is 8.04. The number of fused-ring (bicyclic) bond motifs is 1. The molecule has 2 aromatic rings. The highest BCUT2D eigenvalue weighted by molar-refractivity contribution is 7.12. The molecule has 2 rings (SSSR count). The molecule has 1 N–H and O–H groups in total. The smallest absolute Gasteiger partial charge is 0.323 e. The Bertz CT molecular complexity index is 497. The molecule has 0 spiro atoms. The summed E-state index contributed by atoms with van der Waals surface area (Å²) in [5.74, 6) is -0.856. The molecule has 2 aromatic heterocycles. The van der Waals surface area contributed by atoms with Gasteiger partial charge in [0.15, 0.2) is 0 Å². The topological polar surface area (TPSA) is 66.3 Å². The first-order valence-electron chi connectivity index (χ1n) is 4.31. The summed E-state index contributed by atoms with van der Waals surface area (Å²) >= 11 is 1.30. The minimum Gasteiger partial charge on any atom is -0.480 e. The number of anilines is 1. The Kier molecular flexibility index (Phi) is 2.51. The fourth-order valence-corrected chi connectivity index (χ4v) is 2.01. The lowest BCUT2D eigenvalue weighted by atomic mass is 10.3. The summed E-state index contributed by atoms with van der Waals surface area (Å²) in [6.07, 6.45) is 3.37. The molecule has 0 bridgehead atoms. The Morgan fingerprint density at radius 3 is 3.20 bits per heavy atom. The third-order valence-electron chi connectivity index (χ3n) is 2.04. The number of carboxylic acids is 1.